The van der Waals surface area contributed by atoms with Crippen LogP contribution in [0.1, 0.15) is 50.7 Å². The van der Waals surface area contributed by atoms with E-state index in [0.717, 1.165) is 17.4 Å². The van der Waals surface area contributed by atoms with E-state index in [1.807, 2.05) is 12.1 Å². The number of fused-ring (bicyclic) bond motifs is 2. The molecule has 1 heterocycles. The van der Waals surface area contributed by atoms with Crippen molar-refractivity contribution in [1.29, 1.82) is 0 Å². The number of carbonyl (C=O) groups is 5. The minimum atomic E-state index is -3.44. The summed E-state index contributed by atoms with van der Waals surface area (Å²) in [5.41, 5.74) is 1.66. The summed E-state index contributed by atoms with van der Waals surface area (Å²) in [5.74, 6) is -2.57. The molecule has 274 valence electrons. The van der Waals surface area contributed by atoms with Crippen LogP contribution in [0.4, 0.5) is 0 Å². The van der Waals surface area contributed by atoms with Crippen molar-refractivity contribution in [2.45, 2.75) is 70.5 Å². The first kappa shape index (κ1) is 39.8. The van der Waals surface area contributed by atoms with Crippen molar-refractivity contribution < 1.29 is 41.9 Å². The molecule has 0 radical (unpaired) electrons. The Labute approximate surface area is 293 Å². The molecular formula is C35H49N5O9S. The highest BCUT2D eigenvalue weighted by Gasteiger charge is 2.31. The summed E-state index contributed by atoms with van der Waals surface area (Å²) >= 11 is 0. The third-order valence-electron chi connectivity index (χ3n) is 8.03. The van der Waals surface area contributed by atoms with Crippen molar-refractivity contribution in [2.75, 3.05) is 38.8 Å². The van der Waals surface area contributed by atoms with Crippen LogP contribution in [0.25, 0.3) is 0 Å². The lowest BCUT2D eigenvalue weighted by atomic mass is 10.00. The van der Waals surface area contributed by atoms with Crippen LogP contribution in [-0.4, -0.2) is 94.9 Å². The van der Waals surface area contributed by atoms with Gasteiger partial charge in [-0.2, -0.15) is 0 Å². The molecule has 0 aromatic heterocycles. The van der Waals surface area contributed by atoms with Crippen molar-refractivity contribution >= 4 is 39.4 Å². The fraction of sp³-hybridized carbons (Fsp3) is 0.514. The van der Waals surface area contributed by atoms with Gasteiger partial charge in [-0.3, -0.25) is 24.0 Å². The van der Waals surface area contributed by atoms with E-state index in [9.17, 15) is 32.4 Å². The molecular weight excluding hydrogens is 666 g/mol. The van der Waals surface area contributed by atoms with Crippen molar-refractivity contribution in [3.8, 4) is 11.5 Å². The Bertz CT molecular complexity index is 1580. The summed E-state index contributed by atoms with van der Waals surface area (Å²) in [5, 5.41) is 13.8. The van der Waals surface area contributed by atoms with Crippen molar-refractivity contribution in [3.05, 3.63) is 59.7 Å². The molecule has 0 aliphatic carbocycles. The lowest BCUT2D eigenvalue weighted by Gasteiger charge is -2.27. The van der Waals surface area contributed by atoms with Gasteiger partial charge in [0.25, 0.3) is 5.91 Å². The molecule has 0 saturated heterocycles. The number of nitrogens with one attached hydrogen (secondary N) is 5. The van der Waals surface area contributed by atoms with Gasteiger partial charge in [-0.25, -0.2) is 8.42 Å². The number of aryl methyl sites for hydroxylation is 1. The van der Waals surface area contributed by atoms with Crippen LogP contribution in [0, 0.1) is 5.92 Å². The van der Waals surface area contributed by atoms with E-state index in [-0.39, 0.29) is 50.7 Å². The number of sulfone groups is 1. The second kappa shape index (κ2) is 19.5. The third kappa shape index (κ3) is 13.7. The van der Waals surface area contributed by atoms with Crippen LogP contribution in [-0.2, 0) is 46.7 Å². The monoisotopic (exact) mass is 715 g/mol. The molecule has 5 amide bonds. The second-order valence-corrected chi connectivity index (χ2v) is 14.9. The number of rotatable bonds is 8. The normalized spacial score (nSPS) is 20.5. The highest BCUT2D eigenvalue weighted by atomic mass is 32.2. The number of ether oxygens (including phenoxy) is 2. The second-order valence-electron chi connectivity index (χ2n) is 12.6. The molecule has 2 bridgehead atoms. The van der Waals surface area contributed by atoms with E-state index in [2.05, 4.69) is 26.6 Å². The van der Waals surface area contributed by atoms with Crippen molar-refractivity contribution in [1.82, 2.24) is 26.6 Å². The Morgan fingerprint density at radius 2 is 1.68 bits per heavy atom. The predicted octanol–water partition coefficient (Wildman–Crippen LogP) is 0.821. The molecule has 3 rings (SSSR count). The number of methoxy groups -OCH3 is 1. The number of hydrogen-bond acceptors (Lipinski definition) is 9. The molecule has 2 aromatic rings. The number of benzene rings is 2. The first-order valence-corrected chi connectivity index (χ1v) is 18.8. The number of amides is 5. The Morgan fingerprint density at radius 3 is 2.36 bits per heavy atom. The van der Waals surface area contributed by atoms with Crippen LogP contribution in [0.5, 0.6) is 11.5 Å². The van der Waals surface area contributed by atoms with Gasteiger partial charge in [0.2, 0.25) is 23.6 Å². The number of carbonyl (C=O) groups excluding carboxylic acids is 5. The van der Waals surface area contributed by atoms with Gasteiger partial charge in [-0.1, -0.05) is 50.2 Å². The van der Waals surface area contributed by atoms with Gasteiger partial charge in [0.15, 0.2) is 18.1 Å². The molecule has 1 aliphatic rings. The lowest BCUT2D eigenvalue weighted by Crippen LogP contribution is -2.58. The molecule has 0 unspecified atom stereocenters. The molecule has 14 nitrogen and oxygen atoms in total. The highest BCUT2D eigenvalue weighted by Crippen LogP contribution is 2.28. The van der Waals surface area contributed by atoms with E-state index in [1.165, 1.54) is 7.11 Å². The third-order valence-corrected chi connectivity index (χ3v) is 8.98. The first-order chi connectivity index (χ1) is 23.8. The Morgan fingerprint density at radius 1 is 0.960 bits per heavy atom. The first-order valence-electron chi connectivity index (χ1n) is 16.7. The highest BCUT2D eigenvalue weighted by molar-refractivity contribution is 7.90. The van der Waals surface area contributed by atoms with Gasteiger partial charge in [0.1, 0.15) is 28.0 Å². The maximum absolute atomic E-state index is 13.8. The molecule has 0 saturated carbocycles. The summed E-state index contributed by atoms with van der Waals surface area (Å²) < 4.78 is 34.4. The van der Waals surface area contributed by atoms with Gasteiger partial charge in [-0.15, -0.1) is 0 Å². The van der Waals surface area contributed by atoms with E-state index in [0.29, 0.717) is 30.9 Å². The van der Waals surface area contributed by atoms with Crippen LogP contribution >= 0.6 is 0 Å². The fourth-order valence-electron chi connectivity index (χ4n) is 5.27. The molecule has 1 aliphatic heterocycles. The molecule has 0 fully saturated rings. The van der Waals surface area contributed by atoms with Crippen LogP contribution < -0.4 is 36.1 Å². The summed E-state index contributed by atoms with van der Waals surface area (Å²) in [6, 6.07) is 11.2. The van der Waals surface area contributed by atoms with E-state index >= 15 is 0 Å². The van der Waals surface area contributed by atoms with Crippen LogP contribution in [0.2, 0.25) is 0 Å². The quantitative estimate of drug-likeness (QED) is 0.263. The van der Waals surface area contributed by atoms with Gasteiger partial charge < -0.3 is 36.1 Å². The van der Waals surface area contributed by atoms with Gasteiger partial charge in [0, 0.05) is 32.2 Å². The van der Waals surface area contributed by atoms with Gasteiger partial charge in [0.05, 0.1) is 12.9 Å². The summed E-state index contributed by atoms with van der Waals surface area (Å²) in [4.78, 5) is 66.1. The summed E-state index contributed by atoms with van der Waals surface area (Å²) in [6.07, 6.45) is 2.24. The van der Waals surface area contributed by atoms with E-state index in [1.54, 1.807) is 50.2 Å². The lowest BCUT2D eigenvalue weighted by molar-refractivity contribution is -0.134. The summed E-state index contributed by atoms with van der Waals surface area (Å²) in [7, 11) is -1.95. The van der Waals surface area contributed by atoms with E-state index in [4.69, 9.17) is 9.47 Å². The maximum atomic E-state index is 13.8. The average molecular weight is 716 g/mol. The topological polar surface area (TPSA) is 198 Å². The molecule has 2 aromatic carbocycles. The van der Waals surface area contributed by atoms with E-state index < -0.39 is 57.3 Å². The Balaban J connectivity index is 1.89. The zero-order chi connectivity index (χ0) is 36.7. The fourth-order valence-corrected chi connectivity index (χ4v) is 5.82. The molecule has 50 heavy (non-hydrogen) atoms. The molecule has 3 atom stereocenters. The zero-order valence-corrected chi connectivity index (χ0v) is 29.9. The average Bonchev–Trinajstić information content (AvgIpc) is 3.07. The van der Waals surface area contributed by atoms with Crippen molar-refractivity contribution in [3.63, 3.8) is 0 Å². The Kier molecular flexibility index (Phi) is 15.5. The standard InChI is InChI=1S/C35H49N5O9S/c1-23(2)32-35(45)37-18-8-12-25-14-15-28(48-3)29(21-25)49-22-31(42)36-17-9-13-26(38-30(41)16-19-50(4,46)47)33(43)39-27(34(44)40-32)20-24-10-6-5-7-11-24/h5-7,10-11,14-15,21,23,26-27,32H,8-9,12-13,16-20,22H2,1-4H3,(H,36,42)(H,37,45)(H,38,41)(H,39,43)(H,40,44)/t26-,27-,32+/m0/s1. The summed E-state index contributed by atoms with van der Waals surface area (Å²) in [6.45, 7) is 3.78. The zero-order valence-electron chi connectivity index (χ0n) is 29.1. The minimum Gasteiger partial charge on any atom is -0.493 e. The SMILES string of the molecule is COc1ccc2cc1OCC(=O)NCCC[C@H](NC(=O)CCS(C)(=O)=O)C(=O)N[C@@H](Cc1ccccc1)C(=O)N[C@H](C(C)C)C(=O)NCCC2. The number of hydrogen-bond donors (Lipinski definition) is 5. The van der Waals surface area contributed by atoms with Crippen LogP contribution in [0.15, 0.2) is 48.5 Å². The van der Waals surface area contributed by atoms with Crippen LogP contribution in [0.3, 0.4) is 0 Å². The predicted molar refractivity (Wildman–Crippen MR) is 187 cm³/mol. The Hall–Kier alpha value is -4.66. The van der Waals surface area contributed by atoms with Gasteiger partial charge in [-0.05, 0) is 54.9 Å². The maximum Gasteiger partial charge on any atom is 0.257 e. The van der Waals surface area contributed by atoms with Gasteiger partial charge >= 0.3 is 0 Å². The molecule has 0 spiro atoms. The minimum absolute atomic E-state index is 0.0597. The molecule has 15 heteroatoms. The molecule has 5 N–H and O–H groups in total. The van der Waals surface area contributed by atoms with Crippen molar-refractivity contribution in [2.24, 2.45) is 5.92 Å². The largest absolute Gasteiger partial charge is 0.493 e. The smallest absolute Gasteiger partial charge is 0.257 e.